The summed E-state index contributed by atoms with van der Waals surface area (Å²) in [5.41, 5.74) is 1.17. The fraction of sp³-hybridized carbons (Fsp3) is 0.222. The van der Waals surface area contributed by atoms with Gasteiger partial charge < -0.3 is 10.2 Å². The molecule has 0 aromatic heterocycles. The van der Waals surface area contributed by atoms with Gasteiger partial charge in [-0.1, -0.05) is 34.1 Å². The Labute approximate surface area is 147 Å². The second-order valence-corrected chi connectivity index (χ2v) is 6.54. The number of anilines is 1. The van der Waals surface area contributed by atoms with Crippen molar-refractivity contribution in [1.29, 1.82) is 0 Å². The molecule has 1 atom stereocenters. The number of nitrogens with zero attached hydrogens (tertiary/aromatic N) is 1. The van der Waals surface area contributed by atoms with E-state index in [0.29, 0.717) is 18.5 Å². The molecule has 24 heavy (non-hydrogen) atoms. The van der Waals surface area contributed by atoms with Crippen molar-refractivity contribution >= 4 is 33.4 Å². The van der Waals surface area contributed by atoms with Crippen LogP contribution in [0.15, 0.2) is 53.0 Å². The molecule has 6 heteroatoms. The van der Waals surface area contributed by atoms with Crippen LogP contribution >= 0.6 is 15.9 Å². The van der Waals surface area contributed by atoms with Crippen LogP contribution < -0.4 is 10.2 Å². The molecule has 1 aliphatic heterocycles. The fourth-order valence-electron chi connectivity index (χ4n) is 2.77. The normalized spacial score (nSPS) is 17.2. The summed E-state index contributed by atoms with van der Waals surface area (Å²) in [6.07, 6.45) is 0.459. The van der Waals surface area contributed by atoms with Gasteiger partial charge in [-0.15, -0.1) is 0 Å². The smallest absolute Gasteiger partial charge is 0.239 e. The molecule has 3 rings (SSSR count). The van der Waals surface area contributed by atoms with Crippen LogP contribution in [0.4, 0.5) is 10.1 Å². The standard InChI is InChI=1S/C18H16BrFN2O2/c19-13-6-7-16(20)12(10-13)11-21-17(23)15-8-9-22(18(15)24)14-4-2-1-3-5-14/h1-7,10,15H,8-9,11H2,(H,21,23). The van der Waals surface area contributed by atoms with Gasteiger partial charge in [-0.25, -0.2) is 4.39 Å². The highest BCUT2D eigenvalue weighted by molar-refractivity contribution is 9.10. The number of nitrogens with one attached hydrogen (secondary N) is 1. The molecule has 1 aliphatic rings. The van der Waals surface area contributed by atoms with E-state index in [1.807, 2.05) is 30.3 Å². The second kappa shape index (κ2) is 7.13. The molecule has 1 saturated heterocycles. The number of rotatable bonds is 4. The van der Waals surface area contributed by atoms with Gasteiger partial charge in [0.2, 0.25) is 11.8 Å². The number of halogens is 2. The number of carbonyl (C=O) groups is 2. The molecule has 0 spiro atoms. The third-order valence-corrected chi connectivity index (χ3v) is 4.54. The first-order valence-corrected chi connectivity index (χ1v) is 8.43. The maximum Gasteiger partial charge on any atom is 0.239 e. The number of benzene rings is 2. The van der Waals surface area contributed by atoms with E-state index < -0.39 is 5.92 Å². The summed E-state index contributed by atoms with van der Waals surface area (Å²) in [5, 5.41) is 2.66. The molecule has 0 saturated carbocycles. The van der Waals surface area contributed by atoms with Gasteiger partial charge in [0, 0.05) is 28.8 Å². The van der Waals surface area contributed by atoms with Crippen molar-refractivity contribution in [2.24, 2.45) is 5.92 Å². The van der Waals surface area contributed by atoms with Gasteiger partial charge in [0.25, 0.3) is 0 Å². The van der Waals surface area contributed by atoms with Crippen molar-refractivity contribution in [3.8, 4) is 0 Å². The maximum atomic E-state index is 13.7. The highest BCUT2D eigenvalue weighted by atomic mass is 79.9. The lowest BCUT2D eigenvalue weighted by atomic mass is 10.1. The number of amides is 2. The molecule has 0 radical (unpaired) electrons. The maximum absolute atomic E-state index is 13.7. The van der Waals surface area contributed by atoms with Crippen LogP contribution in [0.3, 0.4) is 0 Å². The third kappa shape index (κ3) is 3.48. The molecule has 0 bridgehead atoms. The average Bonchev–Trinajstić information content (AvgIpc) is 2.98. The van der Waals surface area contributed by atoms with Crippen LogP contribution in [0.25, 0.3) is 0 Å². The zero-order valence-corrected chi connectivity index (χ0v) is 14.4. The Bertz CT molecular complexity index is 767. The molecule has 1 unspecified atom stereocenters. The van der Waals surface area contributed by atoms with Crippen molar-refractivity contribution < 1.29 is 14.0 Å². The summed E-state index contributed by atoms with van der Waals surface area (Å²) in [4.78, 5) is 26.4. The van der Waals surface area contributed by atoms with E-state index >= 15 is 0 Å². The van der Waals surface area contributed by atoms with E-state index in [2.05, 4.69) is 21.2 Å². The highest BCUT2D eigenvalue weighted by Gasteiger charge is 2.37. The molecule has 2 aromatic carbocycles. The molecule has 1 fully saturated rings. The summed E-state index contributed by atoms with van der Waals surface area (Å²) >= 11 is 3.27. The van der Waals surface area contributed by atoms with E-state index in [-0.39, 0.29) is 24.2 Å². The first-order chi connectivity index (χ1) is 11.6. The predicted molar refractivity (Wildman–Crippen MR) is 92.8 cm³/mol. The molecule has 0 aliphatic carbocycles. The van der Waals surface area contributed by atoms with Gasteiger partial charge in [-0.3, -0.25) is 9.59 Å². The lowest BCUT2D eigenvalue weighted by Gasteiger charge is -2.16. The van der Waals surface area contributed by atoms with Gasteiger partial charge in [-0.2, -0.15) is 0 Å². The summed E-state index contributed by atoms with van der Waals surface area (Å²) in [5.74, 6) is -1.69. The molecule has 4 nitrogen and oxygen atoms in total. The summed E-state index contributed by atoms with van der Waals surface area (Å²) in [6.45, 7) is 0.561. The van der Waals surface area contributed by atoms with E-state index in [4.69, 9.17) is 0 Å². The topological polar surface area (TPSA) is 49.4 Å². The highest BCUT2D eigenvalue weighted by Crippen LogP contribution is 2.25. The largest absolute Gasteiger partial charge is 0.351 e. The molecule has 124 valence electrons. The van der Waals surface area contributed by atoms with E-state index in [1.54, 1.807) is 17.0 Å². The van der Waals surface area contributed by atoms with Crippen molar-refractivity contribution in [2.75, 3.05) is 11.4 Å². The van der Waals surface area contributed by atoms with Gasteiger partial charge in [0.1, 0.15) is 11.7 Å². The average molecular weight is 391 g/mol. The van der Waals surface area contributed by atoms with Crippen molar-refractivity contribution in [1.82, 2.24) is 5.32 Å². The number of hydrogen-bond donors (Lipinski definition) is 1. The summed E-state index contributed by atoms with van der Waals surface area (Å²) in [7, 11) is 0. The zero-order chi connectivity index (χ0) is 17.1. The van der Waals surface area contributed by atoms with Crippen molar-refractivity contribution in [3.05, 3.63) is 64.4 Å². The summed E-state index contributed by atoms with van der Waals surface area (Å²) in [6, 6.07) is 13.8. The molecule has 2 aromatic rings. The van der Waals surface area contributed by atoms with E-state index in [0.717, 1.165) is 10.2 Å². The molecular formula is C18H16BrFN2O2. The van der Waals surface area contributed by atoms with Crippen molar-refractivity contribution in [2.45, 2.75) is 13.0 Å². The number of hydrogen-bond acceptors (Lipinski definition) is 2. The Hall–Kier alpha value is -2.21. The monoisotopic (exact) mass is 390 g/mol. The minimum atomic E-state index is -0.722. The van der Waals surface area contributed by atoms with Crippen LogP contribution in [0.5, 0.6) is 0 Å². The third-order valence-electron chi connectivity index (χ3n) is 4.05. The molecule has 1 heterocycles. The minimum absolute atomic E-state index is 0.0548. The Morgan fingerprint density at radius 2 is 2.00 bits per heavy atom. The fourth-order valence-corrected chi connectivity index (χ4v) is 3.18. The Kier molecular flexibility index (Phi) is 4.94. The SMILES string of the molecule is O=C(NCc1cc(Br)ccc1F)C1CCN(c2ccccc2)C1=O. The van der Waals surface area contributed by atoms with E-state index in [9.17, 15) is 14.0 Å². The van der Waals surface area contributed by atoms with Gasteiger partial charge in [0.05, 0.1) is 0 Å². The Balaban J connectivity index is 1.64. The number of para-hydroxylation sites is 1. The first kappa shape index (κ1) is 16.6. The van der Waals surface area contributed by atoms with E-state index in [1.165, 1.54) is 6.07 Å². The van der Waals surface area contributed by atoms with Crippen LogP contribution in [-0.2, 0) is 16.1 Å². The predicted octanol–water partition coefficient (Wildman–Crippen LogP) is 3.26. The van der Waals surface area contributed by atoms with Crippen LogP contribution in [0.1, 0.15) is 12.0 Å². The number of carbonyl (C=O) groups excluding carboxylic acids is 2. The van der Waals surface area contributed by atoms with Gasteiger partial charge >= 0.3 is 0 Å². The Morgan fingerprint density at radius 1 is 1.25 bits per heavy atom. The first-order valence-electron chi connectivity index (χ1n) is 7.64. The lowest BCUT2D eigenvalue weighted by molar-refractivity contribution is -0.132. The quantitative estimate of drug-likeness (QED) is 0.814. The summed E-state index contributed by atoms with van der Waals surface area (Å²) < 4.78 is 14.4. The molecule has 1 N–H and O–H groups in total. The van der Waals surface area contributed by atoms with Gasteiger partial charge in [-0.05, 0) is 36.8 Å². The Morgan fingerprint density at radius 3 is 2.75 bits per heavy atom. The van der Waals surface area contributed by atoms with Crippen LogP contribution in [0, 0.1) is 11.7 Å². The van der Waals surface area contributed by atoms with Gasteiger partial charge in [0.15, 0.2) is 0 Å². The second-order valence-electron chi connectivity index (χ2n) is 5.62. The van der Waals surface area contributed by atoms with Crippen LogP contribution in [-0.4, -0.2) is 18.4 Å². The minimum Gasteiger partial charge on any atom is -0.351 e. The molecule has 2 amide bonds. The zero-order valence-electron chi connectivity index (χ0n) is 12.8. The lowest BCUT2D eigenvalue weighted by Crippen LogP contribution is -2.36. The van der Waals surface area contributed by atoms with Crippen LogP contribution in [0.2, 0.25) is 0 Å². The molecular weight excluding hydrogens is 375 g/mol. The van der Waals surface area contributed by atoms with Crippen molar-refractivity contribution in [3.63, 3.8) is 0 Å².